The molecule has 2 heterocycles. The third-order valence-electron chi connectivity index (χ3n) is 4.68. The molecular formula is C19H25F3N4O3S. The molecular weight excluding hydrogens is 421 g/mol. The van der Waals surface area contributed by atoms with E-state index in [1.165, 1.54) is 23.3 Å². The van der Waals surface area contributed by atoms with Gasteiger partial charge in [-0.15, -0.1) is 16.9 Å². The zero-order valence-electron chi connectivity index (χ0n) is 16.5. The van der Waals surface area contributed by atoms with Gasteiger partial charge in [0.05, 0.1) is 12.8 Å². The van der Waals surface area contributed by atoms with Crippen molar-refractivity contribution in [3.8, 4) is 0 Å². The largest absolute Gasteiger partial charge is 0.490 e. The zero-order valence-corrected chi connectivity index (χ0v) is 17.4. The molecule has 2 N–H and O–H groups in total. The van der Waals surface area contributed by atoms with Crippen LogP contribution in [0.25, 0.3) is 0 Å². The van der Waals surface area contributed by atoms with Crippen molar-refractivity contribution in [1.82, 2.24) is 19.9 Å². The molecule has 0 saturated carbocycles. The number of thioether (sulfide) groups is 1. The minimum atomic E-state index is -5.08. The van der Waals surface area contributed by atoms with Crippen molar-refractivity contribution in [2.24, 2.45) is 5.92 Å². The summed E-state index contributed by atoms with van der Waals surface area (Å²) >= 11 is 1.80. The minimum absolute atomic E-state index is 0.0342. The quantitative estimate of drug-likeness (QED) is 0.659. The van der Waals surface area contributed by atoms with Crippen LogP contribution in [0.15, 0.2) is 35.4 Å². The second kappa shape index (κ2) is 11.3. The number of hydrogen-bond donors (Lipinski definition) is 2. The van der Waals surface area contributed by atoms with Crippen molar-refractivity contribution in [1.29, 1.82) is 0 Å². The van der Waals surface area contributed by atoms with E-state index in [9.17, 15) is 13.2 Å². The molecule has 30 heavy (non-hydrogen) atoms. The van der Waals surface area contributed by atoms with Crippen molar-refractivity contribution in [2.45, 2.75) is 43.6 Å². The van der Waals surface area contributed by atoms with Crippen LogP contribution in [0.5, 0.6) is 0 Å². The Hall–Kier alpha value is -2.11. The van der Waals surface area contributed by atoms with E-state index in [0.717, 1.165) is 26.2 Å². The van der Waals surface area contributed by atoms with E-state index in [0.29, 0.717) is 11.6 Å². The van der Waals surface area contributed by atoms with Gasteiger partial charge in [0.25, 0.3) is 0 Å². The third-order valence-corrected chi connectivity index (χ3v) is 5.41. The molecule has 7 nitrogen and oxygen atoms in total. The number of aliphatic carboxylic acids is 1. The predicted octanol–water partition coefficient (Wildman–Crippen LogP) is 3.04. The summed E-state index contributed by atoms with van der Waals surface area (Å²) in [6, 6.07) is 8.83. The van der Waals surface area contributed by atoms with Crippen LogP contribution in [0.4, 0.5) is 13.2 Å². The zero-order chi connectivity index (χ0) is 22.1. The van der Waals surface area contributed by atoms with Crippen LogP contribution in [-0.2, 0) is 24.5 Å². The summed E-state index contributed by atoms with van der Waals surface area (Å²) in [7, 11) is 0. The van der Waals surface area contributed by atoms with Gasteiger partial charge in [0.1, 0.15) is 5.69 Å². The smallest absolute Gasteiger partial charge is 0.475 e. The number of nitrogens with zero attached hydrogens (tertiary/aromatic N) is 4. The second-order valence-corrected chi connectivity index (χ2v) is 7.84. The summed E-state index contributed by atoms with van der Waals surface area (Å²) in [4.78, 5) is 12.8. The van der Waals surface area contributed by atoms with Gasteiger partial charge in [-0.05, 0) is 55.8 Å². The van der Waals surface area contributed by atoms with E-state index in [-0.39, 0.29) is 6.61 Å². The number of piperidine rings is 1. The number of likely N-dealkylation sites (tertiary alicyclic amines) is 1. The second-order valence-electron chi connectivity index (χ2n) is 6.96. The standard InChI is InChI=1S/C17H24N4OS.C2HF3O2/c1-23-17-4-2-3-15(9-17)10-20-7-5-14(6-8-20)11-21-12-16(13-22)18-19-21;3-2(4,5)1(6)7/h2-4,9,12,14,22H,5-8,10-11,13H2,1H3;(H,6,7). The van der Waals surface area contributed by atoms with Crippen LogP contribution >= 0.6 is 11.8 Å². The topological polar surface area (TPSA) is 91.5 Å². The number of carboxylic acids is 1. The molecule has 0 atom stereocenters. The lowest BCUT2D eigenvalue weighted by molar-refractivity contribution is -0.192. The maximum Gasteiger partial charge on any atom is 0.490 e. The Balaban J connectivity index is 0.000000396. The highest BCUT2D eigenvalue weighted by Crippen LogP contribution is 2.22. The Morgan fingerprint density at radius 3 is 2.50 bits per heavy atom. The molecule has 0 aliphatic carbocycles. The molecule has 0 bridgehead atoms. The van der Waals surface area contributed by atoms with Crippen molar-refractivity contribution >= 4 is 17.7 Å². The van der Waals surface area contributed by atoms with Crippen molar-refractivity contribution < 1.29 is 28.2 Å². The monoisotopic (exact) mass is 446 g/mol. The minimum Gasteiger partial charge on any atom is -0.475 e. The molecule has 1 aliphatic rings. The Bertz CT molecular complexity index is 808. The number of rotatable bonds is 6. The van der Waals surface area contributed by atoms with Crippen LogP contribution in [0, 0.1) is 5.92 Å². The van der Waals surface area contributed by atoms with Crippen LogP contribution < -0.4 is 0 Å². The third kappa shape index (κ3) is 7.96. The Morgan fingerprint density at radius 1 is 1.30 bits per heavy atom. The number of aliphatic hydroxyl groups is 1. The van der Waals surface area contributed by atoms with Crippen LogP contribution in [0.2, 0.25) is 0 Å². The van der Waals surface area contributed by atoms with Gasteiger partial charge in [-0.25, -0.2) is 4.79 Å². The Kier molecular flexibility index (Phi) is 9.12. The molecule has 1 aromatic carbocycles. The van der Waals surface area contributed by atoms with Crippen molar-refractivity contribution in [3.05, 3.63) is 41.7 Å². The van der Waals surface area contributed by atoms with Crippen LogP contribution in [0.1, 0.15) is 24.1 Å². The van der Waals surface area contributed by atoms with E-state index in [1.807, 2.05) is 10.9 Å². The first-order valence-corrected chi connectivity index (χ1v) is 10.6. The summed E-state index contributed by atoms with van der Waals surface area (Å²) in [5.74, 6) is -2.11. The Labute approximate surface area is 176 Å². The SMILES string of the molecule is CSc1cccc(CN2CCC(Cn3cc(CO)nn3)CC2)c1.O=C(O)C(F)(F)F. The summed E-state index contributed by atoms with van der Waals surface area (Å²) in [5.41, 5.74) is 2.05. The molecule has 0 radical (unpaired) electrons. The number of hydrogen-bond acceptors (Lipinski definition) is 6. The molecule has 1 fully saturated rings. The van der Waals surface area contributed by atoms with Gasteiger partial charge >= 0.3 is 12.1 Å². The first-order valence-electron chi connectivity index (χ1n) is 9.36. The van der Waals surface area contributed by atoms with Crippen LogP contribution in [-0.4, -0.2) is 61.6 Å². The van der Waals surface area contributed by atoms with Gasteiger partial charge in [-0.2, -0.15) is 13.2 Å². The van der Waals surface area contributed by atoms with Gasteiger partial charge in [0.15, 0.2) is 0 Å². The molecule has 2 aromatic rings. The molecule has 3 rings (SSSR count). The number of alkyl halides is 3. The molecule has 11 heteroatoms. The average Bonchev–Trinajstić information content (AvgIpc) is 3.17. The number of carboxylic acid groups (broad SMARTS) is 1. The maximum atomic E-state index is 10.6. The maximum absolute atomic E-state index is 10.6. The lowest BCUT2D eigenvalue weighted by Gasteiger charge is -2.31. The van der Waals surface area contributed by atoms with E-state index in [4.69, 9.17) is 15.0 Å². The lowest BCUT2D eigenvalue weighted by Crippen LogP contribution is -2.34. The highest BCUT2D eigenvalue weighted by Gasteiger charge is 2.38. The lowest BCUT2D eigenvalue weighted by atomic mass is 9.96. The van der Waals surface area contributed by atoms with E-state index >= 15 is 0 Å². The normalized spacial score (nSPS) is 15.5. The average molecular weight is 446 g/mol. The first-order chi connectivity index (χ1) is 14.2. The number of benzene rings is 1. The number of aromatic nitrogens is 3. The van der Waals surface area contributed by atoms with Crippen LogP contribution in [0.3, 0.4) is 0 Å². The fourth-order valence-corrected chi connectivity index (χ4v) is 3.60. The van der Waals surface area contributed by atoms with Gasteiger partial charge in [-0.3, -0.25) is 9.58 Å². The van der Waals surface area contributed by atoms with E-state index in [1.54, 1.807) is 11.8 Å². The van der Waals surface area contributed by atoms with Crippen molar-refractivity contribution in [3.63, 3.8) is 0 Å². The van der Waals surface area contributed by atoms with Gasteiger partial charge in [-0.1, -0.05) is 17.3 Å². The highest BCUT2D eigenvalue weighted by atomic mass is 32.2. The molecule has 166 valence electrons. The van der Waals surface area contributed by atoms with Gasteiger partial charge in [0, 0.05) is 18.0 Å². The fourth-order valence-electron chi connectivity index (χ4n) is 3.12. The molecule has 1 aliphatic heterocycles. The molecule has 0 spiro atoms. The highest BCUT2D eigenvalue weighted by molar-refractivity contribution is 7.98. The molecule has 1 saturated heterocycles. The van der Waals surface area contributed by atoms with Gasteiger partial charge in [0.2, 0.25) is 0 Å². The summed E-state index contributed by atoms with van der Waals surface area (Å²) in [6.07, 6.45) is 1.27. The predicted molar refractivity (Wildman–Crippen MR) is 106 cm³/mol. The first kappa shape index (κ1) is 24.2. The van der Waals surface area contributed by atoms with Gasteiger partial charge < -0.3 is 10.2 Å². The molecule has 0 unspecified atom stereocenters. The Morgan fingerprint density at radius 2 is 1.97 bits per heavy atom. The summed E-state index contributed by atoms with van der Waals surface area (Å²) < 4.78 is 33.6. The summed E-state index contributed by atoms with van der Waals surface area (Å²) in [6.45, 7) is 4.18. The number of halogens is 3. The van der Waals surface area contributed by atoms with Crippen molar-refractivity contribution in [2.75, 3.05) is 19.3 Å². The molecule has 1 aromatic heterocycles. The molecule has 0 amide bonds. The number of aliphatic hydroxyl groups excluding tert-OH is 1. The fraction of sp³-hybridized carbons (Fsp3) is 0.526. The number of carbonyl (C=O) groups is 1. The summed E-state index contributed by atoms with van der Waals surface area (Å²) in [5, 5.41) is 24.2. The van der Waals surface area contributed by atoms with E-state index < -0.39 is 12.1 Å². The van der Waals surface area contributed by atoms with E-state index in [2.05, 4.69) is 45.7 Å².